The standard InChI is InChI=1S/C12H12FN3O2/c1-2-18-12(17)10-6-15-16(8-10)7-9-3-4-11(13)14-5-9/h3-6,8H,2,7H2,1H3. The number of nitrogens with zero attached hydrogens (tertiary/aromatic N) is 3. The molecule has 0 saturated heterocycles. The Labute approximate surface area is 103 Å². The van der Waals surface area contributed by atoms with Gasteiger partial charge in [-0.2, -0.15) is 9.49 Å². The van der Waals surface area contributed by atoms with Gasteiger partial charge in [0.2, 0.25) is 5.95 Å². The van der Waals surface area contributed by atoms with Crippen molar-refractivity contribution in [3.8, 4) is 0 Å². The molecule has 2 aromatic heterocycles. The lowest BCUT2D eigenvalue weighted by Crippen LogP contribution is -2.04. The Hall–Kier alpha value is -2.24. The van der Waals surface area contributed by atoms with Crippen LogP contribution in [0.2, 0.25) is 0 Å². The number of ether oxygens (including phenoxy) is 1. The van der Waals surface area contributed by atoms with Crippen molar-refractivity contribution in [2.24, 2.45) is 0 Å². The van der Waals surface area contributed by atoms with Crippen molar-refractivity contribution in [1.82, 2.24) is 14.8 Å². The minimum atomic E-state index is -0.522. The Morgan fingerprint density at radius 3 is 2.94 bits per heavy atom. The van der Waals surface area contributed by atoms with Gasteiger partial charge in [-0.3, -0.25) is 4.68 Å². The smallest absolute Gasteiger partial charge is 0.341 e. The van der Waals surface area contributed by atoms with Crippen LogP contribution in [0, 0.1) is 5.95 Å². The van der Waals surface area contributed by atoms with E-state index in [0.29, 0.717) is 18.7 Å². The second-order valence-electron chi connectivity index (χ2n) is 3.64. The van der Waals surface area contributed by atoms with Crippen molar-refractivity contribution in [3.63, 3.8) is 0 Å². The van der Waals surface area contributed by atoms with Gasteiger partial charge in [0.05, 0.1) is 24.9 Å². The van der Waals surface area contributed by atoms with Crippen LogP contribution < -0.4 is 0 Å². The van der Waals surface area contributed by atoms with E-state index in [1.54, 1.807) is 23.9 Å². The average Bonchev–Trinajstić information content (AvgIpc) is 2.81. The first-order chi connectivity index (χ1) is 8.69. The number of hydrogen-bond acceptors (Lipinski definition) is 4. The fraction of sp³-hybridized carbons (Fsp3) is 0.250. The lowest BCUT2D eigenvalue weighted by molar-refractivity contribution is 0.0526. The Morgan fingerprint density at radius 1 is 1.44 bits per heavy atom. The predicted octanol–water partition coefficient (Wildman–Crippen LogP) is 1.64. The maximum atomic E-state index is 12.6. The molecule has 0 N–H and O–H groups in total. The van der Waals surface area contributed by atoms with Crippen molar-refractivity contribution < 1.29 is 13.9 Å². The zero-order chi connectivity index (χ0) is 13.0. The number of rotatable bonds is 4. The second kappa shape index (κ2) is 5.39. The number of aromatic nitrogens is 3. The van der Waals surface area contributed by atoms with Crippen LogP contribution in [0.1, 0.15) is 22.8 Å². The Balaban J connectivity index is 2.06. The van der Waals surface area contributed by atoms with Crippen LogP contribution >= 0.6 is 0 Å². The van der Waals surface area contributed by atoms with Crippen LogP contribution in [0.4, 0.5) is 4.39 Å². The molecule has 2 rings (SSSR count). The van der Waals surface area contributed by atoms with Gasteiger partial charge in [-0.05, 0) is 18.6 Å². The van der Waals surface area contributed by atoms with Crippen LogP contribution in [0.25, 0.3) is 0 Å². The number of halogens is 1. The number of hydrogen-bond donors (Lipinski definition) is 0. The molecule has 0 aliphatic rings. The maximum Gasteiger partial charge on any atom is 0.341 e. The quantitative estimate of drug-likeness (QED) is 0.610. The summed E-state index contributed by atoms with van der Waals surface area (Å²) >= 11 is 0. The zero-order valence-corrected chi connectivity index (χ0v) is 9.84. The molecule has 0 unspecified atom stereocenters. The summed E-state index contributed by atoms with van der Waals surface area (Å²) in [7, 11) is 0. The number of carbonyl (C=O) groups is 1. The summed E-state index contributed by atoms with van der Waals surface area (Å²) in [6, 6.07) is 2.90. The van der Waals surface area contributed by atoms with Gasteiger partial charge in [0.15, 0.2) is 0 Å². The molecule has 0 aromatic carbocycles. The van der Waals surface area contributed by atoms with E-state index in [-0.39, 0.29) is 0 Å². The summed E-state index contributed by atoms with van der Waals surface area (Å²) in [5, 5.41) is 4.03. The topological polar surface area (TPSA) is 57.0 Å². The minimum Gasteiger partial charge on any atom is -0.462 e. The summed E-state index contributed by atoms with van der Waals surface area (Å²) in [4.78, 5) is 15.0. The average molecular weight is 249 g/mol. The van der Waals surface area contributed by atoms with E-state index in [0.717, 1.165) is 5.56 Å². The Kier molecular flexibility index (Phi) is 3.66. The van der Waals surface area contributed by atoms with E-state index in [9.17, 15) is 9.18 Å². The predicted molar refractivity (Wildman–Crippen MR) is 61.5 cm³/mol. The first-order valence-corrected chi connectivity index (χ1v) is 5.49. The normalized spacial score (nSPS) is 10.3. The number of esters is 1. The maximum absolute atomic E-state index is 12.6. The highest BCUT2D eigenvalue weighted by atomic mass is 19.1. The molecule has 6 heteroatoms. The van der Waals surface area contributed by atoms with Gasteiger partial charge >= 0.3 is 5.97 Å². The highest BCUT2D eigenvalue weighted by Gasteiger charge is 2.09. The fourth-order valence-electron chi connectivity index (χ4n) is 1.46. The van der Waals surface area contributed by atoms with E-state index >= 15 is 0 Å². The van der Waals surface area contributed by atoms with E-state index in [4.69, 9.17) is 4.74 Å². The Bertz CT molecular complexity index is 537. The van der Waals surface area contributed by atoms with Crippen LogP contribution in [-0.2, 0) is 11.3 Å². The van der Waals surface area contributed by atoms with Crippen LogP contribution in [-0.4, -0.2) is 27.3 Å². The van der Waals surface area contributed by atoms with Gasteiger partial charge in [-0.1, -0.05) is 6.07 Å². The first-order valence-electron chi connectivity index (χ1n) is 5.49. The zero-order valence-electron chi connectivity index (χ0n) is 9.84. The van der Waals surface area contributed by atoms with Gasteiger partial charge in [0.1, 0.15) is 0 Å². The van der Waals surface area contributed by atoms with Crippen molar-refractivity contribution >= 4 is 5.97 Å². The van der Waals surface area contributed by atoms with Gasteiger partial charge in [-0.15, -0.1) is 0 Å². The lowest BCUT2D eigenvalue weighted by Gasteiger charge is -2.00. The van der Waals surface area contributed by atoms with Gasteiger partial charge < -0.3 is 4.74 Å². The molecule has 5 nitrogen and oxygen atoms in total. The molecule has 2 aromatic rings. The van der Waals surface area contributed by atoms with E-state index in [2.05, 4.69) is 10.1 Å². The van der Waals surface area contributed by atoms with Gasteiger partial charge in [0.25, 0.3) is 0 Å². The largest absolute Gasteiger partial charge is 0.462 e. The molecule has 0 saturated carbocycles. The summed E-state index contributed by atoms with van der Waals surface area (Å²) in [6.45, 7) is 2.49. The molecule has 94 valence electrons. The molecule has 0 aliphatic heterocycles. The molecular weight excluding hydrogens is 237 g/mol. The molecule has 0 radical (unpaired) electrons. The van der Waals surface area contributed by atoms with Gasteiger partial charge in [0, 0.05) is 12.4 Å². The molecule has 0 spiro atoms. The summed E-state index contributed by atoms with van der Waals surface area (Å²) in [6.07, 6.45) is 4.46. The Morgan fingerprint density at radius 2 is 2.28 bits per heavy atom. The minimum absolute atomic E-state index is 0.325. The molecule has 18 heavy (non-hydrogen) atoms. The number of carbonyl (C=O) groups excluding carboxylic acids is 1. The van der Waals surface area contributed by atoms with Crippen LogP contribution in [0.3, 0.4) is 0 Å². The third kappa shape index (κ3) is 2.91. The molecule has 0 atom stereocenters. The van der Waals surface area contributed by atoms with Gasteiger partial charge in [-0.25, -0.2) is 9.78 Å². The fourth-order valence-corrected chi connectivity index (χ4v) is 1.46. The molecule has 2 heterocycles. The van der Waals surface area contributed by atoms with Crippen molar-refractivity contribution in [3.05, 3.63) is 47.8 Å². The molecule has 0 fully saturated rings. The summed E-state index contributed by atoms with van der Waals surface area (Å²) in [5.74, 6) is -0.924. The van der Waals surface area contributed by atoms with Crippen molar-refractivity contribution in [2.45, 2.75) is 13.5 Å². The highest BCUT2D eigenvalue weighted by molar-refractivity contribution is 5.88. The van der Waals surface area contributed by atoms with Crippen LogP contribution in [0.15, 0.2) is 30.7 Å². The third-order valence-corrected chi connectivity index (χ3v) is 2.28. The highest BCUT2D eigenvalue weighted by Crippen LogP contribution is 2.05. The summed E-state index contributed by atoms with van der Waals surface area (Å²) < 4.78 is 19.0. The van der Waals surface area contributed by atoms with Crippen molar-refractivity contribution in [1.29, 1.82) is 0 Å². The SMILES string of the molecule is CCOC(=O)c1cnn(Cc2ccc(F)nc2)c1. The van der Waals surface area contributed by atoms with E-state index in [1.165, 1.54) is 18.5 Å². The molecule has 0 amide bonds. The third-order valence-electron chi connectivity index (χ3n) is 2.28. The van der Waals surface area contributed by atoms with E-state index in [1.807, 2.05) is 0 Å². The van der Waals surface area contributed by atoms with E-state index < -0.39 is 11.9 Å². The van der Waals surface area contributed by atoms with Crippen LogP contribution in [0.5, 0.6) is 0 Å². The molecule has 0 aliphatic carbocycles. The lowest BCUT2D eigenvalue weighted by atomic mass is 10.3. The molecular formula is C12H12FN3O2. The second-order valence-corrected chi connectivity index (χ2v) is 3.64. The molecule has 0 bridgehead atoms. The van der Waals surface area contributed by atoms with Crippen molar-refractivity contribution in [2.75, 3.05) is 6.61 Å². The number of pyridine rings is 1. The first kappa shape index (κ1) is 12.2. The summed E-state index contributed by atoms with van der Waals surface area (Å²) in [5.41, 5.74) is 1.20. The monoisotopic (exact) mass is 249 g/mol.